The molecule has 5 rings (SSSR count). The number of ether oxygens (including phenoxy) is 4. The molecule has 2 unspecified atom stereocenters. The molecule has 1 saturated carbocycles. The van der Waals surface area contributed by atoms with Crippen LogP contribution in [0.1, 0.15) is 60.9 Å². The summed E-state index contributed by atoms with van der Waals surface area (Å²) < 4.78 is 22.9. The molecule has 1 aliphatic heterocycles. The van der Waals surface area contributed by atoms with Crippen molar-refractivity contribution in [3.05, 3.63) is 83.4 Å². The molecule has 1 fully saturated rings. The van der Waals surface area contributed by atoms with Crippen LogP contribution in [0.25, 0.3) is 24.3 Å². The Hall–Kier alpha value is -4.32. The van der Waals surface area contributed by atoms with Gasteiger partial charge in [0.15, 0.2) is 23.0 Å². The van der Waals surface area contributed by atoms with Crippen molar-refractivity contribution in [2.24, 2.45) is 11.3 Å². The van der Waals surface area contributed by atoms with Crippen molar-refractivity contribution in [3.63, 3.8) is 0 Å². The molecule has 0 amide bonds. The zero-order valence-electron chi connectivity index (χ0n) is 25.3. The van der Waals surface area contributed by atoms with Gasteiger partial charge in [-0.3, -0.25) is 0 Å². The number of phenolic OH excluding ortho intramolecular Hbond substituents is 2. The van der Waals surface area contributed by atoms with E-state index in [9.17, 15) is 10.2 Å². The van der Waals surface area contributed by atoms with E-state index < -0.39 is 0 Å². The fourth-order valence-electron chi connectivity index (χ4n) is 6.04. The maximum atomic E-state index is 10.7. The van der Waals surface area contributed by atoms with E-state index >= 15 is 0 Å². The minimum atomic E-state index is -0.0154. The molecule has 6 nitrogen and oxygen atoms in total. The molecule has 0 spiro atoms. The first-order chi connectivity index (χ1) is 20.2. The van der Waals surface area contributed by atoms with Crippen LogP contribution < -0.4 is 18.9 Å². The lowest BCUT2D eigenvalue weighted by Crippen LogP contribution is -2.45. The number of aromatic hydroxyl groups is 2. The van der Waals surface area contributed by atoms with Crippen LogP contribution in [0.15, 0.2) is 55.6 Å². The van der Waals surface area contributed by atoms with E-state index in [-0.39, 0.29) is 23.0 Å². The number of hydrogen-bond donors (Lipinski definition) is 2. The summed E-state index contributed by atoms with van der Waals surface area (Å²) in [6.45, 7) is 10.7. The van der Waals surface area contributed by atoms with Crippen LogP contribution in [0.3, 0.4) is 0 Å². The van der Waals surface area contributed by atoms with Gasteiger partial charge in [-0.25, -0.2) is 0 Å². The summed E-state index contributed by atoms with van der Waals surface area (Å²) in [5, 5.41) is 21.4. The fraction of sp³-hybridized carbons (Fsp3) is 0.333. The van der Waals surface area contributed by atoms with Gasteiger partial charge in [0, 0.05) is 5.92 Å². The van der Waals surface area contributed by atoms with Gasteiger partial charge >= 0.3 is 0 Å². The Morgan fingerprint density at radius 2 is 1.38 bits per heavy atom. The number of phenols is 2. The minimum Gasteiger partial charge on any atom is -0.507 e. The molecule has 3 aromatic carbocycles. The zero-order chi connectivity index (χ0) is 30.4. The van der Waals surface area contributed by atoms with Crippen molar-refractivity contribution in [3.8, 4) is 34.5 Å². The molecule has 0 radical (unpaired) electrons. The Bertz CT molecular complexity index is 1440. The highest BCUT2D eigenvalue weighted by molar-refractivity contribution is 5.80. The van der Waals surface area contributed by atoms with Gasteiger partial charge in [0.2, 0.25) is 0 Å². The van der Waals surface area contributed by atoms with E-state index in [4.69, 9.17) is 18.9 Å². The average Bonchev–Trinajstić information content (AvgIpc) is 2.99. The fourth-order valence-corrected chi connectivity index (χ4v) is 6.04. The van der Waals surface area contributed by atoms with Gasteiger partial charge in [0.25, 0.3) is 0 Å². The molecule has 1 heterocycles. The van der Waals surface area contributed by atoms with Gasteiger partial charge in [0.05, 0.1) is 26.9 Å². The maximum absolute atomic E-state index is 10.7. The van der Waals surface area contributed by atoms with Gasteiger partial charge < -0.3 is 29.2 Å². The Balaban J connectivity index is 0.00000198. The lowest BCUT2D eigenvalue weighted by atomic mass is 9.64. The third-order valence-electron chi connectivity index (χ3n) is 8.32. The molecule has 3 aromatic rings. The Morgan fingerprint density at radius 3 is 2.02 bits per heavy atom. The molecular formula is C36H42O6. The van der Waals surface area contributed by atoms with E-state index in [1.54, 1.807) is 45.6 Å². The lowest BCUT2D eigenvalue weighted by molar-refractivity contribution is -0.00708. The first kappa shape index (κ1) is 30.6. The summed E-state index contributed by atoms with van der Waals surface area (Å²) in [6, 6.07) is 12.9. The van der Waals surface area contributed by atoms with Gasteiger partial charge in [-0.05, 0) is 95.8 Å². The third kappa shape index (κ3) is 6.43. The van der Waals surface area contributed by atoms with E-state index in [1.165, 1.54) is 12.8 Å². The van der Waals surface area contributed by atoms with Crippen molar-refractivity contribution in [2.45, 2.75) is 45.6 Å². The summed E-state index contributed by atoms with van der Waals surface area (Å²) in [7, 11) is 4.84. The Labute approximate surface area is 249 Å². The molecular weight excluding hydrogens is 528 g/mol. The van der Waals surface area contributed by atoms with Crippen molar-refractivity contribution >= 4 is 24.3 Å². The molecule has 2 N–H and O–H groups in total. The summed E-state index contributed by atoms with van der Waals surface area (Å²) in [4.78, 5) is 0. The third-order valence-corrected chi connectivity index (χ3v) is 8.32. The summed E-state index contributed by atoms with van der Waals surface area (Å²) >= 11 is 0. The van der Waals surface area contributed by atoms with E-state index in [0.717, 1.165) is 41.0 Å². The Morgan fingerprint density at radius 1 is 0.786 bits per heavy atom. The maximum Gasteiger partial charge on any atom is 0.164 e. The normalized spacial score (nSPS) is 18.8. The van der Waals surface area contributed by atoms with Gasteiger partial charge in [-0.2, -0.15) is 0 Å². The van der Waals surface area contributed by atoms with Gasteiger partial charge in [-0.15, -0.1) is 13.2 Å². The van der Waals surface area contributed by atoms with Crippen molar-refractivity contribution in [2.75, 3.05) is 21.3 Å². The van der Waals surface area contributed by atoms with Gasteiger partial charge in [-0.1, -0.05) is 38.1 Å². The van der Waals surface area contributed by atoms with E-state index in [2.05, 4.69) is 33.1 Å². The standard InChI is InChI=1S/C34H38O6.C2H4/c1-34(2)14-6-7-29-26(34)20-24-15-22(19-32(39-5)33(24)40-29)8-9-23-16-27(35)25(28(36)17-23)12-10-21-11-13-30(37-3)31(18-21)38-4;1-2/h8-13,15-19,26,29,35-36H,6-7,14,20H2,1-5H3;1-2H2/b9-8+,12-10+;. The molecule has 42 heavy (non-hydrogen) atoms. The summed E-state index contributed by atoms with van der Waals surface area (Å²) in [6.07, 6.45) is 12.0. The average molecular weight is 571 g/mol. The van der Waals surface area contributed by atoms with Gasteiger partial charge in [0.1, 0.15) is 17.6 Å². The topological polar surface area (TPSA) is 77.4 Å². The van der Waals surface area contributed by atoms with E-state index in [1.807, 2.05) is 36.4 Å². The molecule has 222 valence electrons. The molecule has 2 aliphatic rings. The highest BCUT2D eigenvalue weighted by Crippen LogP contribution is 2.50. The predicted molar refractivity (Wildman–Crippen MR) is 171 cm³/mol. The Kier molecular flexibility index (Phi) is 9.56. The summed E-state index contributed by atoms with van der Waals surface area (Å²) in [5.41, 5.74) is 4.24. The first-order valence-corrected chi connectivity index (χ1v) is 14.2. The monoisotopic (exact) mass is 570 g/mol. The van der Waals surface area contributed by atoms with Crippen LogP contribution in [0.2, 0.25) is 0 Å². The van der Waals surface area contributed by atoms with Crippen LogP contribution in [-0.4, -0.2) is 37.6 Å². The highest BCUT2D eigenvalue weighted by Gasteiger charge is 2.43. The van der Waals surface area contributed by atoms with Crippen LogP contribution in [0, 0.1) is 11.3 Å². The number of benzene rings is 3. The number of fused-ring (bicyclic) bond motifs is 2. The summed E-state index contributed by atoms with van der Waals surface area (Å²) in [5.74, 6) is 3.28. The number of methoxy groups -OCH3 is 3. The number of rotatable bonds is 7. The van der Waals surface area contributed by atoms with Crippen molar-refractivity contribution in [1.29, 1.82) is 0 Å². The highest BCUT2D eigenvalue weighted by atomic mass is 16.5. The van der Waals surface area contributed by atoms with E-state index in [0.29, 0.717) is 28.5 Å². The van der Waals surface area contributed by atoms with Crippen molar-refractivity contribution < 1.29 is 29.2 Å². The molecule has 2 atom stereocenters. The molecule has 1 aliphatic carbocycles. The molecule has 6 heteroatoms. The quantitative estimate of drug-likeness (QED) is 0.219. The SMILES string of the molecule is C=C.COc1ccc(/C=C/c2c(O)cc(/C=C/c3cc4c(c(OC)c3)OC3CCCC(C)(C)C3C4)cc2O)cc1OC. The second kappa shape index (κ2) is 13.1. The second-order valence-corrected chi connectivity index (χ2v) is 11.3. The molecule has 0 bridgehead atoms. The smallest absolute Gasteiger partial charge is 0.164 e. The largest absolute Gasteiger partial charge is 0.507 e. The first-order valence-electron chi connectivity index (χ1n) is 14.2. The molecule has 0 saturated heterocycles. The van der Waals surface area contributed by atoms with Crippen LogP contribution in [0.5, 0.6) is 34.5 Å². The predicted octanol–water partition coefficient (Wildman–Crippen LogP) is 8.40. The van der Waals surface area contributed by atoms with Crippen LogP contribution in [0.4, 0.5) is 0 Å². The zero-order valence-corrected chi connectivity index (χ0v) is 25.3. The molecule has 0 aromatic heterocycles. The minimum absolute atomic E-state index is 0.0154. The van der Waals surface area contributed by atoms with Crippen LogP contribution >= 0.6 is 0 Å². The number of hydrogen-bond acceptors (Lipinski definition) is 6. The van der Waals surface area contributed by atoms with Crippen molar-refractivity contribution in [1.82, 2.24) is 0 Å². The van der Waals surface area contributed by atoms with Crippen LogP contribution in [-0.2, 0) is 6.42 Å². The lowest BCUT2D eigenvalue weighted by Gasteiger charge is -2.47. The second-order valence-electron chi connectivity index (χ2n) is 11.3.